The van der Waals surface area contributed by atoms with Gasteiger partial charge in [-0.25, -0.2) is 9.97 Å². The van der Waals surface area contributed by atoms with E-state index in [9.17, 15) is 9.59 Å². The fourth-order valence-electron chi connectivity index (χ4n) is 2.95. The molecule has 0 spiro atoms. The zero-order valence-corrected chi connectivity index (χ0v) is 13.4. The van der Waals surface area contributed by atoms with E-state index in [-0.39, 0.29) is 23.7 Å². The Morgan fingerprint density at radius 2 is 1.87 bits per heavy atom. The average molecular weight is 317 g/mol. The van der Waals surface area contributed by atoms with Crippen LogP contribution in [0.1, 0.15) is 19.8 Å². The molecule has 2 fully saturated rings. The Kier molecular flexibility index (Phi) is 4.73. The van der Waals surface area contributed by atoms with Crippen molar-refractivity contribution in [3.8, 4) is 0 Å². The molecule has 1 aliphatic heterocycles. The highest BCUT2D eigenvalue weighted by molar-refractivity contribution is 5.92. The summed E-state index contributed by atoms with van der Waals surface area (Å²) in [6.07, 6.45) is 5.06. The van der Waals surface area contributed by atoms with Crippen LogP contribution in [0.5, 0.6) is 0 Å². The van der Waals surface area contributed by atoms with Crippen LogP contribution < -0.4 is 10.2 Å². The van der Waals surface area contributed by atoms with E-state index in [1.165, 1.54) is 0 Å². The van der Waals surface area contributed by atoms with Crippen LogP contribution in [0.3, 0.4) is 0 Å². The summed E-state index contributed by atoms with van der Waals surface area (Å²) in [4.78, 5) is 36.8. The molecule has 7 heteroatoms. The molecule has 1 saturated heterocycles. The van der Waals surface area contributed by atoms with Crippen molar-refractivity contribution in [2.45, 2.75) is 19.8 Å². The molecule has 2 amide bonds. The van der Waals surface area contributed by atoms with Crippen molar-refractivity contribution in [1.29, 1.82) is 0 Å². The molecule has 2 heterocycles. The van der Waals surface area contributed by atoms with Crippen LogP contribution >= 0.6 is 0 Å². The molecule has 1 aromatic rings. The number of amides is 2. The molecule has 23 heavy (non-hydrogen) atoms. The highest BCUT2D eigenvalue weighted by Gasteiger charge is 2.49. The molecule has 1 N–H and O–H groups in total. The number of nitrogens with one attached hydrogen (secondary N) is 1. The number of aromatic nitrogens is 2. The lowest BCUT2D eigenvalue weighted by atomic mass is 10.2. The van der Waals surface area contributed by atoms with Gasteiger partial charge in [0, 0.05) is 45.1 Å². The number of rotatable bonds is 5. The minimum Gasteiger partial charge on any atom is -0.356 e. The van der Waals surface area contributed by atoms with E-state index in [0.717, 1.165) is 19.5 Å². The lowest BCUT2D eigenvalue weighted by molar-refractivity contribution is -0.135. The summed E-state index contributed by atoms with van der Waals surface area (Å²) in [5.41, 5.74) is 0. The standard InChI is InChI=1S/C16H23N5O2/c1-2-4-17-14(22)12-11-13(12)15(23)20-7-9-21(10-8-20)16-18-5-3-6-19-16/h3,5-6,12-13H,2,4,7-11H2,1H3,(H,17,22). The van der Waals surface area contributed by atoms with Crippen LogP contribution in [0, 0.1) is 11.8 Å². The summed E-state index contributed by atoms with van der Waals surface area (Å²) < 4.78 is 0. The topological polar surface area (TPSA) is 78.4 Å². The van der Waals surface area contributed by atoms with Gasteiger partial charge in [0.2, 0.25) is 17.8 Å². The monoisotopic (exact) mass is 317 g/mol. The van der Waals surface area contributed by atoms with Gasteiger partial charge in [-0.15, -0.1) is 0 Å². The van der Waals surface area contributed by atoms with Crippen LogP contribution in [-0.4, -0.2) is 59.4 Å². The second kappa shape index (κ2) is 6.93. The van der Waals surface area contributed by atoms with Gasteiger partial charge >= 0.3 is 0 Å². The van der Waals surface area contributed by atoms with Gasteiger partial charge in [0.05, 0.1) is 11.8 Å². The number of piperazine rings is 1. The molecular formula is C16H23N5O2. The predicted molar refractivity (Wildman–Crippen MR) is 85.7 cm³/mol. The van der Waals surface area contributed by atoms with Crippen LogP contribution in [-0.2, 0) is 9.59 Å². The summed E-state index contributed by atoms with van der Waals surface area (Å²) >= 11 is 0. The van der Waals surface area contributed by atoms with E-state index in [1.807, 2.05) is 11.8 Å². The maximum absolute atomic E-state index is 12.5. The van der Waals surface area contributed by atoms with Gasteiger partial charge in [-0.05, 0) is 18.9 Å². The zero-order chi connectivity index (χ0) is 16.2. The third-order valence-corrected chi connectivity index (χ3v) is 4.42. The maximum Gasteiger partial charge on any atom is 0.226 e. The number of carbonyl (C=O) groups is 2. The van der Waals surface area contributed by atoms with E-state index < -0.39 is 0 Å². The smallest absolute Gasteiger partial charge is 0.226 e. The lowest BCUT2D eigenvalue weighted by Gasteiger charge is -2.34. The second-order valence-corrected chi connectivity index (χ2v) is 6.10. The van der Waals surface area contributed by atoms with E-state index >= 15 is 0 Å². The van der Waals surface area contributed by atoms with Gasteiger partial charge in [-0.3, -0.25) is 9.59 Å². The van der Waals surface area contributed by atoms with E-state index in [4.69, 9.17) is 0 Å². The van der Waals surface area contributed by atoms with Gasteiger partial charge in [-0.1, -0.05) is 6.92 Å². The highest BCUT2D eigenvalue weighted by Crippen LogP contribution is 2.40. The quantitative estimate of drug-likeness (QED) is 0.844. The molecule has 7 nitrogen and oxygen atoms in total. The lowest BCUT2D eigenvalue weighted by Crippen LogP contribution is -2.50. The first-order valence-electron chi connectivity index (χ1n) is 8.29. The fourth-order valence-corrected chi connectivity index (χ4v) is 2.95. The van der Waals surface area contributed by atoms with E-state index in [2.05, 4.69) is 20.2 Å². The van der Waals surface area contributed by atoms with Crippen molar-refractivity contribution in [3.63, 3.8) is 0 Å². The fraction of sp³-hybridized carbons (Fsp3) is 0.625. The Morgan fingerprint density at radius 1 is 1.17 bits per heavy atom. The Hall–Kier alpha value is -2.18. The third kappa shape index (κ3) is 3.60. The minimum atomic E-state index is -0.121. The summed E-state index contributed by atoms with van der Waals surface area (Å²) in [6, 6.07) is 1.79. The summed E-state index contributed by atoms with van der Waals surface area (Å²) in [7, 11) is 0. The largest absolute Gasteiger partial charge is 0.356 e. The number of hydrogen-bond acceptors (Lipinski definition) is 5. The maximum atomic E-state index is 12.5. The number of nitrogens with zero attached hydrogens (tertiary/aromatic N) is 4. The Morgan fingerprint density at radius 3 is 2.52 bits per heavy atom. The Balaban J connectivity index is 1.47. The molecule has 1 aromatic heterocycles. The molecule has 0 bridgehead atoms. The SMILES string of the molecule is CCCNC(=O)C1CC1C(=O)N1CCN(c2ncccn2)CC1. The van der Waals surface area contributed by atoms with Crippen molar-refractivity contribution in [2.75, 3.05) is 37.6 Å². The molecule has 2 unspecified atom stereocenters. The number of carbonyl (C=O) groups excluding carboxylic acids is 2. The van der Waals surface area contributed by atoms with Gasteiger partial charge in [-0.2, -0.15) is 0 Å². The molecule has 0 aromatic carbocycles. The van der Waals surface area contributed by atoms with Crippen LogP contribution in [0.25, 0.3) is 0 Å². The Labute approximate surface area is 136 Å². The molecule has 3 rings (SSSR count). The molecule has 0 radical (unpaired) electrons. The number of anilines is 1. The van der Waals surface area contributed by atoms with Crippen LogP contribution in [0.15, 0.2) is 18.5 Å². The summed E-state index contributed by atoms with van der Waals surface area (Å²) in [6.45, 7) is 5.50. The zero-order valence-electron chi connectivity index (χ0n) is 13.4. The summed E-state index contributed by atoms with van der Waals surface area (Å²) in [5.74, 6) is 0.621. The van der Waals surface area contributed by atoms with Crippen molar-refractivity contribution < 1.29 is 9.59 Å². The van der Waals surface area contributed by atoms with Crippen molar-refractivity contribution >= 4 is 17.8 Å². The molecule has 124 valence electrons. The number of hydrogen-bond donors (Lipinski definition) is 1. The predicted octanol–water partition coefficient (Wildman–Crippen LogP) is 0.288. The first kappa shape index (κ1) is 15.7. The van der Waals surface area contributed by atoms with Gasteiger partial charge in [0.25, 0.3) is 0 Å². The average Bonchev–Trinajstić information content (AvgIpc) is 3.41. The first-order valence-corrected chi connectivity index (χ1v) is 8.29. The first-order chi connectivity index (χ1) is 11.2. The molecular weight excluding hydrogens is 294 g/mol. The minimum absolute atomic E-state index is 0.0292. The molecule has 1 saturated carbocycles. The van der Waals surface area contributed by atoms with Crippen LogP contribution in [0.2, 0.25) is 0 Å². The van der Waals surface area contributed by atoms with E-state index in [0.29, 0.717) is 32.0 Å². The third-order valence-electron chi connectivity index (χ3n) is 4.42. The van der Waals surface area contributed by atoms with Gasteiger partial charge < -0.3 is 15.1 Å². The van der Waals surface area contributed by atoms with Crippen molar-refractivity contribution in [1.82, 2.24) is 20.2 Å². The van der Waals surface area contributed by atoms with Crippen molar-refractivity contribution in [3.05, 3.63) is 18.5 Å². The molecule has 2 aliphatic rings. The van der Waals surface area contributed by atoms with Gasteiger partial charge in [0.15, 0.2) is 0 Å². The highest BCUT2D eigenvalue weighted by atomic mass is 16.2. The van der Waals surface area contributed by atoms with E-state index in [1.54, 1.807) is 18.5 Å². The molecule has 2 atom stereocenters. The second-order valence-electron chi connectivity index (χ2n) is 6.10. The Bertz CT molecular complexity index is 557. The molecule has 1 aliphatic carbocycles. The summed E-state index contributed by atoms with van der Waals surface area (Å²) in [5, 5.41) is 2.88. The van der Waals surface area contributed by atoms with Crippen LogP contribution in [0.4, 0.5) is 5.95 Å². The van der Waals surface area contributed by atoms with Gasteiger partial charge in [0.1, 0.15) is 0 Å². The normalized spacial score (nSPS) is 23.5. The van der Waals surface area contributed by atoms with Crippen molar-refractivity contribution in [2.24, 2.45) is 11.8 Å².